The highest BCUT2D eigenvalue weighted by molar-refractivity contribution is 9.10. The quantitative estimate of drug-likeness (QED) is 0.616. The van der Waals surface area contributed by atoms with E-state index in [1.54, 1.807) is 32.2 Å². The van der Waals surface area contributed by atoms with E-state index >= 15 is 0 Å². The first kappa shape index (κ1) is 13.0. The monoisotopic (exact) mass is 286 g/mol. The highest BCUT2D eigenvalue weighted by Gasteiger charge is 2.21. The molecule has 0 spiro atoms. The minimum Gasteiger partial charge on any atom is -0.496 e. The number of Topliss-reactive ketones (excluding diaryl/α,β-unsaturated/α-hetero) is 1. The summed E-state index contributed by atoms with van der Waals surface area (Å²) in [5, 5.41) is 0. The Morgan fingerprint density at radius 2 is 2.06 bits per heavy atom. The third kappa shape index (κ3) is 2.76. The van der Waals surface area contributed by atoms with Crippen LogP contribution in [-0.4, -0.2) is 24.3 Å². The van der Waals surface area contributed by atoms with Crippen LogP contribution in [0.15, 0.2) is 18.2 Å². The Morgan fingerprint density at radius 3 is 2.56 bits per heavy atom. The number of methoxy groups -OCH3 is 1. The number of alkyl halides is 1. The van der Waals surface area contributed by atoms with Crippen LogP contribution in [0.4, 0.5) is 0 Å². The molecule has 16 heavy (non-hydrogen) atoms. The zero-order chi connectivity index (χ0) is 12.1. The lowest BCUT2D eigenvalue weighted by molar-refractivity contribution is 0.0989. The predicted octanol–water partition coefficient (Wildman–Crippen LogP) is 3.06. The normalized spacial score (nSPS) is 12.0. The van der Waals surface area contributed by atoms with Crippen molar-refractivity contribution in [3.05, 3.63) is 23.8 Å². The highest BCUT2D eigenvalue weighted by Crippen LogP contribution is 2.30. The first-order valence-corrected chi connectivity index (χ1v) is 6.01. The topological polar surface area (TPSA) is 35.5 Å². The zero-order valence-electron chi connectivity index (χ0n) is 9.62. The van der Waals surface area contributed by atoms with Crippen LogP contribution in [-0.2, 0) is 0 Å². The lowest BCUT2D eigenvalue weighted by atomic mass is 10.1. The van der Waals surface area contributed by atoms with Gasteiger partial charge in [0.05, 0.1) is 18.5 Å². The number of halogens is 1. The van der Waals surface area contributed by atoms with Crippen LogP contribution >= 0.6 is 15.9 Å². The number of hydrogen-bond donors (Lipinski definition) is 0. The molecule has 3 nitrogen and oxygen atoms in total. The van der Waals surface area contributed by atoms with Crippen LogP contribution in [0, 0.1) is 0 Å². The van der Waals surface area contributed by atoms with Crippen LogP contribution in [0.1, 0.15) is 24.2 Å². The fraction of sp³-hybridized carbons (Fsp3) is 0.417. The molecule has 0 radical (unpaired) electrons. The van der Waals surface area contributed by atoms with Crippen LogP contribution in [0.5, 0.6) is 11.5 Å². The number of carbonyl (C=O) groups excluding carboxylic acids is 1. The van der Waals surface area contributed by atoms with Crippen molar-refractivity contribution in [1.29, 1.82) is 0 Å². The molecule has 4 heteroatoms. The van der Waals surface area contributed by atoms with E-state index in [2.05, 4.69) is 15.9 Å². The van der Waals surface area contributed by atoms with E-state index in [4.69, 9.17) is 9.47 Å². The summed E-state index contributed by atoms with van der Waals surface area (Å²) in [6.45, 7) is 4.18. The SMILES string of the molecule is CCOc1cccc(OC)c1C(=O)C(C)Br. The maximum atomic E-state index is 12.0. The molecule has 0 fully saturated rings. The summed E-state index contributed by atoms with van der Waals surface area (Å²) < 4.78 is 10.6. The van der Waals surface area contributed by atoms with E-state index in [0.29, 0.717) is 23.7 Å². The zero-order valence-corrected chi connectivity index (χ0v) is 11.2. The summed E-state index contributed by atoms with van der Waals surface area (Å²) in [6.07, 6.45) is 0. The first-order chi connectivity index (χ1) is 7.61. The van der Waals surface area contributed by atoms with Gasteiger partial charge in [-0.2, -0.15) is 0 Å². The van der Waals surface area contributed by atoms with E-state index in [0.717, 1.165) is 0 Å². The standard InChI is InChI=1S/C12H15BrO3/c1-4-16-10-7-5-6-9(15-3)11(10)12(14)8(2)13/h5-8H,4H2,1-3H3. The van der Waals surface area contributed by atoms with Gasteiger partial charge in [-0.3, -0.25) is 4.79 Å². The van der Waals surface area contributed by atoms with Crippen molar-refractivity contribution in [1.82, 2.24) is 0 Å². The largest absolute Gasteiger partial charge is 0.496 e. The molecule has 1 rings (SSSR count). The molecule has 0 aliphatic carbocycles. The Hall–Kier alpha value is -1.03. The van der Waals surface area contributed by atoms with Gasteiger partial charge in [0.1, 0.15) is 17.1 Å². The number of ketones is 1. The molecule has 0 aromatic heterocycles. The Morgan fingerprint density at radius 1 is 1.44 bits per heavy atom. The van der Waals surface area contributed by atoms with Gasteiger partial charge in [-0.1, -0.05) is 22.0 Å². The smallest absolute Gasteiger partial charge is 0.183 e. The van der Waals surface area contributed by atoms with E-state index in [1.165, 1.54) is 0 Å². The Kier molecular flexibility index (Phi) is 4.80. The number of benzene rings is 1. The van der Waals surface area contributed by atoms with Crippen molar-refractivity contribution in [2.45, 2.75) is 18.7 Å². The molecule has 88 valence electrons. The lowest BCUT2D eigenvalue weighted by Gasteiger charge is -2.13. The van der Waals surface area contributed by atoms with Gasteiger partial charge < -0.3 is 9.47 Å². The fourth-order valence-corrected chi connectivity index (χ4v) is 1.63. The van der Waals surface area contributed by atoms with Gasteiger partial charge in [0, 0.05) is 0 Å². The molecule has 0 heterocycles. The van der Waals surface area contributed by atoms with Gasteiger partial charge in [-0.25, -0.2) is 0 Å². The van der Waals surface area contributed by atoms with Crippen LogP contribution < -0.4 is 9.47 Å². The molecule has 1 unspecified atom stereocenters. The maximum absolute atomic E-state index is 12.0. The van der Waals surface area contributed by atoms with E-state index < -0.39 is 0 Å². The van der Waals surface area contributed by atoms with Gasteiger partial charge >= 0.3 is 0 Å². The van der Waals surface area contributed by atoms with Crippen molar-refractivity contribution < 1.29 is 14.3 Å². The van der Waals surface area contributed by atoms with Gasteiger partial charge in [-0.15, -0.1) is 0 Å². The summed E-state index contributed by atoms with van der Waals surface area (Å²) >= 11 is 3.26. The molecule has 0 saturated heterocycles. The molecule has 0 amide bonds. The predicted molar refractivity (Wildman–Crippen MR) is 66.9 cm³/mol. The molecule has 1 aromatic rings. The molecule has 0 aliphatic heterocycles. The van der Waals surface area contributed by atoms with Gasteiger partial charge in [0.2, 0.25) is 0 Å². The maximum Gasteiger partial charge on any atom is 0.183 e. The number of rotatable bonds is 5. The molecular weight excluding hydrogens is 272 g/mol. The third-order valence-corrected chi connectivity index (χ3v) is 2.53. The average molecular weight is 287 g/mol. The molecule has 1 aromatic carbocycles. The minimum atomic E-state index is -0.261. The van der Waals surface area contributed by atoms with Gasteiger partial charge in [0.25, 0.3) is 0 Å². The van der Waals surface area contributed by atoms with Gasteiger partial charge in [-0.05, 0) is 26.0 Å². The summed E-state index contributed by atoms with van der Waals surface area (Å²) in [4.78, 5) is 11.8. The average Bonchev–Trinajstić information content (AvgIpc) is 2.28. The molecule has 0 aliphatic rings. The summed E-state index contributed by atoms with van der Waals surface area (Å²) in [5.74, 6) is 1.07. The van der Waals surface area contributed by atoms with E-state index in [-0.39, 0.29) is 10.6 Å². The van der Waals surface area contributed by atoms with Crippen LogP contribution in [0.3, 0.4) is 0 Å². The number of carbonyl (C=O) groups is 1. The summed E-state index contributed by atoms with van der Waals surface area (Å²) in [6, 6.07) is 5.33. The second-order valence-electron chi connectivity index (χ2n) is 3.25. The van der Waals surface area contributed by atoms with E-state index in [9.17, 15) is 4.79 Å². The lowest BCUT2D eigenvalue weighted by Crippen LogP contribution is -2.13. The number of ether oxygens (including phenoxy) is 2. The third-order valence-electron chi connectivity index (χ3n) is 2.12. The minimum absolute atomic E-state index is 0.0408. The van der Waals surface area contributed by atoms with Crippen LogP contribution in [0.2, 0.25) is 0 Å². The summed E-state index contributed by atoms with van der Waals surface area (Å²) in [7, 11) is 1.54. The molecular formula is C12H15BrO3. The van der Waals surface area contributed by atoms with Crippen molar-refractivity contribution in [2.24, 2.45) is 0 Å². The van der Waals surface area contributed by atoms with Crippen molar-refractivity contribution in [2.75, 3.05) is 13.7 Å². The van der Waals surface area contributed by atoms with Crippen molar-refractivity contribution in [3.8, 4) is 11.5 Å². The Balaban J connectivity index is 3.24. The first-order valence-electron chi connectivity index (χ1n) is 5.09. The highest BCUT2D eigenvalue weighted by atomic mass is 79.9. The Labute approximate surface area is 104 Å². The molecule has 0 saturated carbocycles. The van der Waals surface area contributed by atoms with E-state index in [1.807, 2.05) is 6.92 Å². The fourth-order valence-electron chi connectivity index (χ4n) is 1.40. The van der Waals surface area contributed by atoms with Crippen LogP contribution in [0.25, 0.3) is 0 Å². The Bertz CT molecular complexity index is 375. The number of hydrogen-bond acceptors (Lipinski definition) is 3. The van der Waals surface area contributed by atoms with Gasteiger partial charge in [0.15, 0.2) is 5.78 Å². The van der Waals surface area contributed by atoms with Crippen molar-refractivity contribution >= 4 is 21.7 Å². The molecule has 0 bridgehead atoms. The van der Waals surface area contributed by atoms with Crippen molar-refractivity contribution in [3.63, 3.8) is 0 Å². The summed E-state index contributed by atoms with van der Waals surface area (Å²) in [5.41, 5.74) is 0.497. The second kappa shape index (κ2) is 5.89. The molecule has 1 atom stereocenters. The second-order valence-corrected chi connectivity index (χ2v) is 4.62. The molecule has 0 N–H and O–H groups in total.